The molecule has 3 N–H and O–H groups in total. The maximum Gasteiger partial charge on any atom is 0.191 e. The Kier molecular flexibility index (Phi) is 9.57. The first-order valence-corrected chi connectivity index (χ1v) is 9.64. The minimum Gasteiger partial charge on any atom is -0.466 e. The van der Waals surface area contributed by atoms with Gasteiger partial charge in [-0.2, -0.15) is 0 Å². The number of nitrogens with one attached hydrogen (secondary N) is 2. The number of nitrogens with zero attached hydrogens (tertiary/aromatic N) is 1. The molecular weight excluding hydrogens is 457 g/mol. The summed E-state index contributed by atoms with van der Waals surface area (Å²) in [6.07, 6.45) is 4.04. The van der Waals surface area contributed by atoms with Gasteiger partial charge in [0.05, 0.1) is 18.9 Å². The molecule has 27 heavy (non-hydrogen) atoms. The van der Waals surface area contributed by atoms with Gasteiger partial charge in [-0.15, -0.1) is 24.0 Å². The van der Waals surface area contributed by atoms with Crippen LogP contribution < -0.4 is 10.6 Å². The van der Waals surface area contributed by atoms with Gasteiger partial charge in [0.25, 0.3) is 0 Å². The van der Waals surface area contributed by atoms with E-state index in [2.05, 4.69) is 36.4 Å². The number of furan rings is 1. The van der Waals surface area contributed by atoms with E-state index in [1.807, 2.05) is 6.92 Å². The van der Waals surface area contributed by atoms with Gasteiger partial charge >= 0.3 is 0 Å². The number of ether oxygens (including phenoxy) is 1. The summed E-state index contributed by atoms with van der Waals surface area (Å²) in [5.74, 6) is 1.67. The van der Waals surface area contributed by atoms with E-state index in [1.54, 1.807) is 25.3 Å². The van der Waals surface area contributed by atoms with Crippen molar-refractivity contribution in [1.82, 2.24) is 10.6 Å². The normalized spacial score (nSPS) is 23.3. The van der Waals surface area contributed by atoms with E-state index in [9.17, 15) is 5.11 Å². The Labute approximate surface area is 180 Å². The van der Waals surface area contributed by atoms with Crippen molar-refractivity contribution in [3.05, 3.63) is 24.2 Å². The monoisotopic (exact) mass is 493 g/mol. The largest absolute Gasteiger partial charge is 0.466 e. The molecule has 1 aliphatic heterocycles. The number of halogens is 1. The molecule has 7 heteroatoms. The third-order valence-electron chi connectivity index (χ3n) is 4.77. The van der Waals surface area contributed by atoms with Gasteiger partial charge in [0.2, 0.25) is 0 Å². The van der Waals surface area contributed by atoms with Crippen LogP contribution in [-0.4, -0.2) is 43.4 Å². The number of guanidine groups is 1. The first kappa shape index (κ1) is 24.2. The predicted molar refractivity (Wildman–Crippen MR) is 120 cm³/mol. The fraction of sp³-hybridized carbons (Fsp3) is 0.750. The molecule has 0 saturated carbocycles. The lowest BCUT2D eigenvalue weighted by Crippen LogP contribution is -2.47. The van der Waals surface area contributed by atoms with Crippen LogP contribution >= 0.6 is 24.0 Å². The SMILES string of the molecule is CCNC(=NCC(C)(O)c1ccco1)NCC1CCCOC1C(C)(C)C.I. The molecule has 1 saturated heterocycles. The first-order valence-electron chi connectivity index (χ1n) is 9.64. The van der Waals surface area contributed by atoms with E-state index in [1.165, 1.54) is 0 Å². The zero-order valence-electron chi connectivity index (χ0n) is 17.2. The van der Waals surface area contributed by atoms with Gasteiger partial charge in [-0.25, -0.2) is 4.99 Å². The number of hydrogen-bond donors (Lipinski definition) is 3. The molecular formula is C20H36IN3O3. The molecule has 0 spiro atoms. The van der Waals surface area contributed by atoms with Crippen LogP contribution in [0.3, 0.4) is 0 Å². The molecule has 2 heterocycles. The van der Waals surface area contributed by atoms with Crippen molar-refractivity contribution in [2.24, 2.45) is 16.3 Å². The van der Waals surface area contributed by atoms with Gasteiger partial charge in [0, 0.05) is 25.6 Å². The van der Waals surface area contributed by atoms with Crippen LogP contribution in [0.25, 0.3) is 0 Å². The molecule has 1 aromatic rings. The van der Waals surface area contributed by atoms with Crippen LogP contribution in [-0.2, 0) is 10.3 Å². The summed E-state index contributed by atoms with van der Waals surface area (Å²) >= 11 is 0. The highest BCUT2D eigenvalue weighted by atomic mass is 127. The Bertz CT molecular complexity index is 568. The lowest BCUT2D eigenvalue weighted by molar-refractivity contribution is -0.0835. The molecule has 6 nitrogen and oxygen atoms in total. The van der Waals surface area contributed by atoms with Gasteiger partial charge in [-0.3, -0.25) is 0 Å². The summed E-state index contributed by atoms with van der Waals surface area (Å²) in [4.78, 5) is 4.56. The molecule has 0 aromatic carbocycles. The minimum atomic E-state index is -1.13. The molecule has 0 radical (unpaired) electrons. The number of aliphatic imine (C=N–C) groups is 1. The lowest BCUT2D eigenvalue weighted by Gasteiger charge is -2.40. The second kappa shape index (κ2) is 10.7. The fourth-order valence-electron chi connectivity index (χ4n) is 3.47. The van der Waals surface area contributed by atoms with Gasteiger partial charge in [0.15, 0.2) is 5.96 Å². The zero-order chi connectivity index (χ0) is 19.2. The van der Waals surface area contributed by atoms with Crippen molar-refractivity contribution < 1.29 is 14.3 Å². The second-order valence-electron chi connectivity index (χ2n) is 8.39. The van der Waals surface area contributed by atoms with Crippen molar-refractivity contribution in [3.63, 3.8) is 0 Å². The summed E-state index contributed by atoms with van der Waals surface area (Å²) in [5, 5.41) is 17.3. The molecule has 3 atom stereocenters. The van der Waals surface area contributed by atoms with Crippen molar-refractivity contribution in [1.29, 1.82) is 0 Å². The Hall–Kier alpha value is -0.800. The highest BCUT2D eigenvalue weighted by Gasteiger charge is 2.35. The molecule has 1 fully saturated rings. The first-order chi connectivity index (χ1) is 12.2. The van der Waals surface area contributed by atoms with Crippen LogP contribution in [0.1, 0.15) is 53.2 Å². The third kappa shape index (κ3) is 7.27. The predicted octanol–water partition coefficient (Wildman–Crippen LogP) is 3.50. The number of aliphatic hydroxyl groups is 1. The summed E-state index contributed by atoms with van der Waals surface area (Å²) in [6, 6.07) is 3.54. The minimum absolute atomic E-state index is 0. The van der Waals surface area contributed by atoms with Gasteiger partial charge in [0.1, 0.15) is 11.4 Å². The average Bonchev–Trinajstić information content (AvgIpc) is 3.12. The molecule has 0 bridgehead atoms. The standard InChI is InChI=1S/C20H35N3O3.HI/c1-6-21-18(23-14-20(5,24)16-10-8-11-25-16)22-13-15-9-7-12-26-17(15)19(2,3)4;/h8,10-11,15,17,24H,6-7,9,12-14H2,1-5H3,(H2,21,22,23);1H. The molecule has 1 aromatic heterocycles. The van der Waals surface area contributed by atoms with Crippen LogP contribution in [0, 0.1) is 11.3 Å². The van der Waals surface area contributed by atoms with Crippen LogP contribution in [0.5, 0.6) is 0 Å². The van der Waals surface area contributed by atoms with E-state index >= 15 is 0 Å². The Morgan fingerprint density at radius 3 is 2.63 bits per heavy atom. The van der Waals surface area contributed by atoms with Crippen molar-refractivity contribution in [2.45, 2.75) is 59.2 Å². The molecule has 3 unspecified atom stereocenters. The lowest BCUT2D eigenvalue weighted by atomic mass is 9.78. The summed E-state index contributed by atoms with van der Waals surface area (Å²) in [7, 11) is 0. The number of hydrogen-bond acceptors (Lipinski definition) is 4. The summed E-state index contributed by atoms with van der Waals surface area (Å²) < 4.78 is 11.4. The topological polar surface area (TPSA) is 79.0 Å². The molecule has 156 valence electrons. The summed E-state index contributed by atoms with van der Waals surface area (Å²) in [6.45, 7) is 13.1. The highest BCUT2D eigenvalue weighted by molar-refractivity contribution is 14.0. The van der Waals surface area contributed by atoms with E-state index in [0.29, 0.717) is 17.6 Å². The molecule has 1 aliphatic rings. The second-order valence-corrected chi connectivity index (χ2v) is 8.39. The maximum atomic E-state index is 10.6. The Morgan fingerprint density at radius 1 is 1.30 bits per heavy atom. The van der Waals surface area contributed by atoms with Crippen LogP contribution in [0.15, 0.2) is 27.8 Å². The Morgan fingerprint density at radius 2 is 2.04 bits per heavy atom. The third-order valence-corrected chi connectivity index (χ3v) is 4.77. The van der Waals surface area contributed by atoms with Crippen LogP contribution in [0.4, 0.5) is 0 Å². The van der Waals surface area contributed by atoms with E-state index < -0.39 is 5.60 Å². The van der Waals surface area contributed by atoms with Crippen molar-refractivity contribution in [2.75, 3.05) is 26.2 Å². The van der Waals surface area contributed by atoms with Gasteiger partial charge in [-0.1, -0.05) is 20.8 Å². The molecule has 0 amide bonds. The van der Waals surface area contributed by atoms with Gasteiger partial charge < -0.3 is 24.9 Å². The number of rotatable bonds is 6. The zero-order valence-corrected chi connectivity index (χ0v) is 19.6. The van der Waals surface area contributed by atoms with Crippen LogP contribution in [0.2, 0.25) is 0 Å². The summed E-state index contributed by atoms with van der Waals surface area (Å²) in [5.41, 5.74) is -1.01. The maximum absolute atomic E-state index is 10.6. The van der Waals surface area contributed by atoms with Crippen molar-refractivity contribution >= 4 is 29.9 Å². The smallest absolute Gasteiger partial charge is 0.191 e. The quantitative estimate of drug-likeness (QED) is 0.321. The average molecular weight is 493 g/mol. The molecule has 2 rings (SSSR count). The Balaban J connectivity index is 0.00000364. The fourth-order valence-corrected chi connectivity index (χ4v) is 3.47. The highest BCUT2D eigenvalue weighted by Crippen LogP contribution is 2.33. The van der Waals surface area contributed by atoms with E-state index in [-0.39, 0.29) is 42.0 Å². The van der Waals surface area contributed by atoms with Crippen molar-refractivity contribution in [3.8, 4) is 0 Å². The van der Waals surface area contributed by atoms with E-state index in [0.717, 1.165) is 32.5 Å². The van der Waals surface area contributed by atoms with E-state index in [4.69, 9.17) is 9.15 Å². The van der Waals surface area contributed by atoms with Gasteiger partial charge in [-0.05, 0) is 44.2 Å². The molecule has 0 aliphatic carbocycles.